The van der Waals surface area contributed by atoms with E-state index in [2.05, 4.69) is 36.3 Å². The third kappa shape index (κ3) is 2.71. The number of benzene rings is 1. The molecule has 1 aromatic heterocycles. The quantitative estimate of drug-likeness (QED) is 0.867. The molecule has 1 aliphatic rings. The fourth-order valence-electron chi connectivity index (χ4n) is 3.03. The van der Waals surface area contributed by atoms with E-state index in [1.54, 1.807) is 4.68 Å². The third-order valence-electron chi connectivity index (χ3n) is 4.12. The fourth-order valence-corrected chi connectivity index (χ4v) is 3.03. The Morgan fingerprint density at radius 2 is 2.24 bits per heavy atom. The highest BCUT2D eigenvalue weighted by Gasteiger charge is 2.31. The summed E-state index contributed by atoms with van der Waals surface area (Å²) in [5.41, 5.74) is 3.02. The van der Waals surface area contributed by atoms with Gasteiger partial charge in [-0.15, -0.1) is 0 Å². The maximum atomic E-state index is 12.7. The van der Waals surface area contributed by atoms with Crippen LogP contribution in [0.2, 0.25) is 0 Å². The number of nitrogens with zero attached hydrogens (tertiary/aromatic N) is 3. The Hall–Kier alpha value is -2.10. The Morgan fingerprint density at radius 1 is 1.38 bits per heavy atom. The molecular formula is C17H21N3O. The van der Waals surface area contributed by atoms with E-state index in [-0.39, 0.29) is 11.9 Å². The van der Waals surface area contributed by atoms with Crippen LogP contribution in [0.4, 0.5) is 0 Å². The normalized spacial score (nSPS) is 18.2. The van der Waals surface area contributed by atoms with Gasteiger partial charge in [-0.1, -0.05) is 29.8 Å². The molecule has 2 aromatic rings. The molecule has 0 radical (unpaired) electrons. The lowest BCUT2D eigenvalue weighted by Crippen LogP contribution is -2.31. The minimum Gasteiger partial charge on any atom is -0.330 e. The maximum absolute atomic E-state index is 12.7. The molecule has 0 spiro atoms. The van der Waals surface area contributed by atoms with E-state index in [0.29, 0.717) is 5.69 Å². The van der Waals surface area contributed by atoms with Crippen LogP contribution in [0.1, 0.15) is 47.4 Å². The lowest BCUT2D eigenvalue weighted by molar-refractivity contribution is 0.0728. The summed E-state index contributed by atoms with van der Waals surface area (Å²) in [7, 11) is 0. The molecule has 1 amide bonds. The smallest absolute Gasteiger partial charge is 0.274 e. The first-order chi connectivity index (χ1) is 10.2. The van der Waals surface area contributed by atoms with Crippen LogP contribution < -0.4 is 0 Å². The van der Waals surface area contributed by atoms with Crippen molar-refractivity contribution in [3.63, 3.8) is 0 Å². The molecule has 4 nitrogen and oxygen atoms in total. The zero-order valence-corrected chi connectivity index (χ0v) is 12.6. The van der Waals surface area contributed by atoms with Crippen LogP contribution in [0.5, 0.6) is 0 Å². The summed E-state index contributed by atoms with van der Waals surface area (Å²) in [4.78, 5) is 14.7. The van der Waals surface area contributed by atoms with Gasteiger partial charge in [0.1, 0.15) is 5.69 Å². The summed E-state index contributed by atoms with van der Waals surface area (Å²) in [6, 6.07) is 10.5. The molecule has 1 aliphatic heterocycles. The second-order valence-corrected chi connectivity index (χ2v) is 5.63. The van der Waals surface area contributed by atoms with Crippen molar-refractivity contribution in [2.45, 2.75) is 39.3 Å². The van der Waals surface area contributed by atoms with Crippen molar-refractivity contribution >= 4 is 5.91 Å². The number of aromatic nitrogens is 2. The van der Waals surface area contributed by atoms with Crippen LogP contribution in [0.15, 0.2) is 36.5 Å². The molecule has 0 N–H and O–H groups in total. The molecule has 1 aromatic carbocycles. The minimum atomic E-state index is 0.0474. The number of rotatable bonds is 3. The standard InChI is InChI=1S/C17H21N3O/c1-3-19-11-9-15(18-19)17(21)20-10-5-8-16(20)14-7-4-6-13(2)12-14/h4,6-7,9,11-12,16H,3,5,8,10H2,1-2H3/t16-/m0/s1. The first kappa shape index (κ1) is 13.9. The molecule has 3 rings (SSSR count). The van der Waals surface area contributed by atoms with Gasteiger partial charge in [-0.3, -0.25) is 9.48 Å². The van der Waals surface area contributed by atoms with E-state index in [0.717, 1.165) is 25.9 Å². The lowest BCUT2D eigenvalue weighted by atomic mass is 10.0. The molecule has 0 bridgehead atoms. The molecule has 0 aliphatic carbocycles. The zero-order valence-electron chi connectivity index (χ0n) is 12.6. The van der Waals surface area contributed by atoms with Gasteiger partial charge in [0.05, 0.1) is 6.04 Å². The first-order valence-electron chi connectivity index (χ1n) is 7.60. The predicted molar refractivity (Wildman–Crippen MR) is 82.1 cm³/mol. The highest BCUT2D eigenvalue weighted by Crippen LogP contribution is 2.33. The Labute approximate surface area is 125 Å². The number of aryl methyl sites for hydroxylation is 2. The average molecular weight is 283 g/mol. The molecule has 110 valence electrons. The molecule has 0 unspecified atom stereocenters. The first-order valence-corrected chi connectivity index (χ1v) is 7.60. The van der Waals surface area contributed by atoms with Gasteiger partial charge in [0.25, 0.3) is 5.91 Å². The van der Waals surface area contributed by atoms with E-state index in [4.69, 9.17) is 0 Å². The number of carbonyl (C=O) groups is 1. The molecule has 21 heavy (non-hydrogen) atoms. The van der Waals surface area contributed by atoms with Gasteiger partial charge in [0, 0.05) is 19.3 Å². The van der Waals surface area contributed by atoms with Crippen LogP contribution in [0.25, 0.3) is 0 Å². The van der Waals surface area contributed by atoms with Gasteiger partial charge in [-0.05, 0) is 38.3 Å². The Morgan fingerprint density at radius 3 is 2.95 bits per heavy atom. The SMILES string of the molecule is CCn1ccc(C(=O)N2CCC[C@H]2c2cccc(C)c2)n1. The van der Waals surface area contributed by atoms with E-state index in [1.165, 1.54) is 11.1 Å². The molecule has 1 saturated heterocycles. The van der Waals surface area contributed by atoms with E-state index >= 15 is 0 Å². The van der Waals surface area contributed by atoms with Crippen LogP contribution >= 0.6 is 0 Å². The van der Waals surface area contributed by atoms with Gasteiger partial charge in [-0.25, -0.2) is 0 Å². The van der Waals surface area contributed by atoms with Gasteiger partial charge in [-0.2, -0.15) is 5.10 Å². The largest absolute Gasteiger partial charge is 0.330 e. The molecule has 4 heteroatoms. The van der Waals surface area contributed by atoms with Gasteiger partial charge in [0.15, 0.2) is 0 Å². The van der Waals surface area contributed by atoms with Crippen molar-refractivity contribution < 1.29 is 4.79 Å². The summed E-state index contributed by atoms with van der Waals surface area (Å²) in [6.07, 6.45) is 3.95. The Bertz CT molecular complexity index is 647. The molecule has 1 atom stereocenters. The average Bonchev–Trinajstić information content (AvgIpc) is 3.15. The summed E-state index contributed by atoms with van der Waals surface area (Å²) in [5.74, 6) is 0.0474. The van der Waals surface area contributed by atoms with E-state index < -0.39 is 0 Å². The van der Waals surface area contributed by atoms with Gasteiger partial charge < -0.3 is 4.90 Å². The molecule has 0 saturated carbocycles. The van der Waals surface area contributed by atoms with Crippen LogP contribution in [0, 0.1) is 6.92 Å². The second kappa shape index (κ2) is 5.72. The van der Waals surface area contributed by atoms with Crippen LogP contribution in [-0.4, -0.2) is 27.1 Å². The number of amides is 1. The highest BCUT2D eigenvalue weighted by atomic mass is 16.2. The van der Waals surface area contributed by atoms with Crippen LogP contribution in [0.3, 0.4) is 0 Å². The second-order valence-electron chi connectivity index (χ2n) is 5.63. The molecule has 1 fully saturated rings. The maximum Gasteiger partial charge on any atom is 0.274 e. The summed E-state index contributed by atoms with van der Waals surface area (Å²) >= 11 is 0. The van der Waals surface area contributed by atoms with E-state index in [1.807, 2.05) is 24.1 Å². The summed E-state index contributed by atoms with van der Waals surface area (Å²) in [6.45, 7) is 5.71. The Balaban J connectivity index is 1.85. The van der Waals surface area contributed by atoms with Gasteiger partial charge >= 0.3 is 0 Å². The third-order valence-corrected chi connectivity index (χ3v) is 4.12. The molecule has 2 heterocycles. The van der Waals surface area contributed by atoms with Crippen molar-refractivity contribution in [3.8, 4) is 0 Å². The van der Waals surface area contributed by atoms with Crippen molar-refractivity contribution in [2.24, 2.45) is 0 Å². The number of hydrogen-bond acceptors (Lipinski definition) is 2. The van der Waals surface area contributed by atoms with Gasteiger partial charge in [0.2, 0.25) is 0 Å². The van der Waals surface area contributed by atoms with Crippen molar-refractivity contribution in [1.29, 1.82) is 0 Å². The monoisotopic (exact) mass is 283 g/mol. The van der Waals surface area contributed by atoms with Crippen molar-refractivity contribution in [2.75, 3.05) is 6.54 Å². The minimum absolute atomic E-state index is 0.0474. The predicted octanol–water partition coefficient (Wildman–Crippen LogP) is 3.19. The highest BCUT2D eigenvalue weighted by molar-refractivity contribution is 5.92. The summed E-state index contributed by atoms with van der Waals surface area (Å²) < 4.78 is 1.80. The van der Waals surface area contributed by atoms with Crippen molar-refractivity contribution in [3.05, 3.63) is 53.3 Å². The summed E-state index contributed by atoms with van der Waals surface area (Å²) in [5, 5.41) is 4.34. The molecular weight excluding hydrogens is 262 g/mol. The topological polar surface area (TPSA) is 38.1 Å². The Kier molecular flexibility index (Phi) is 3.78. The zero-order chi connectivity index (χ0) is 14.8. The number of carbonyl (C=O) groups excluding carboxylic acids is 1. The fraction of sp³-hybridized carbons (Fsp3) is 0.412. The number of likely N-dealkylation sites (tertiary alicyclic amines) is 1. The van der Waals surface area contributed by atoms with E-state index in [9.17, 15) is 4.79 Å². The van der Waals surface area contributed by atoms with Crippen molar-refractivity contribution in [1.82, 2.24) is 14.7 Å². The lowest BCUT2D eigenvalue weighted by Gasteiger charge is -2.24. The van der Waals surface area contributed by atoms with Crippen LogP contribution in [-0.2, 0) is 6.54 Å². The number of hydrogen-bond donors (Lipinski definition) is 0.